The molecule has 0 aliphatic carbocycles. The van der Waals surface area contributed by atoms with E-state index in [1.54, 1.807) is 0 Å². The van der Waals surface area contributed by atoms with Gasteiger partial charge in [0.25, 0.3) is 0 Å². The summed E-state index contributed by atoms with van der Waals surface area (Å²) in [6.45, 7) is 2.33. The predicted molar refractivity (Wildman–Crippen MR) is 98.7 cm³/mol. The molecule has 2 atom stereocenters. The number of amides is 3. The number of benzene rings is 1. The van der Waals surface area contributed by atoms with Gasteiger partial charge < -0.3 is 10.5 Å². The molecule has 2 heterocycles. The van der Waals surface area contributed by atoms with E-state index in [1.807, 2.05) is 37.3 Å². The molecule has 27 heavy (non-hydrogen) atoms. The van der Waals surface area contributed by atoms with Crippen molar-refractivity contribution in [2.45, 2.75) is 38.6 Å². The quantitative estimate of drug-likeness (QED) is 0.760. The Hall–Kier alpha value is -2.90. The van der Waals surface area contributed by atoms with Gasteiger partial charge in [-0.3, -0.25) is 14.5 Å². The smallest absolute Gasteiger partial charge is 0.410 e. The maximum absolute atomic E-state index is 12.6. The second kappa shape index (κ2) is 7.77. The summed E-state index contributed by atoms with van der Waals surface area (Å²) in [6, 6.07) is 8.61. The highest BCUT2D eigenvalue weighted by Crippen LogP contribution is 2.41. The molecule has 1 saturated heterocycles. The number of nitrogens with two attached hydrogens (primary N) is 1. The minimum Gasteiger partial charge on any atom is -0.449 e. The molecule has 2 aliphatic rings. The van der Waals surface area contributed by atoms with Gasteiger partial charge in [0.05, 0.1) is 17.7 Å². The summed E-state index contributed by atoms with van der Waals surface area (Å²) < 4.78 is 5.24. The summed E-state index contributed by atoms with van der Waals surface area (Å²) >= 11 is 0. The van der Waals surface area contributed by atoms with Crippen molar-refractivity contribution in [1.29, 1.82) is 0 Å². The molecule has 8 heteroatoms. The van der Waals surface area contributed by atoms with Crippen LogP contribution in [0.5, 0.6) is 0 Å². The Labute approximate surface area is 157 Å². The minimum absolute atomic E-state index is 0.0727. The molecular weight excluding hydrogens is 348 g/mol. The Bertz CT molecular complexity index is 764. The third-order valence-electron chi connectivity index (χ3n) is 5.11. The Morgan fingerprint density at radius 2 is 2.11 bits per heavy atom. The molecule has 3 rings (SSSR count). The zero-order valence-corrected chi connectivity index (χ0v) is 15.3. The fourth-order valence-corrected chi connectivity index (χ4v) is 3.58. The van der Waals surface area contributed by atoms with E-state index < -0.39 is 23.5 Å². The number of hydrazone groups is 1. The fourth-order valence-electron chi connectivity index (χ4n) is 3.58. The third-order valence-corrected chi connectivity index (χ3v) is 5.11. The summed E-state index contributed by atoms with van der Waals surface area (Å²) in [5.74, 6) is -0.951. The molecule has 0 bridgehead atoms. The predicted octanol–water partition coefficient (Wildman–Crippen LogP) is 1.39. The lowest BCUT2D eigenvalue weighted by Gasteiger charge is -2.31. The molecule has 0 unspecified atom stereocenters. The number of likely N-dealkylation sites (tertiary alicyclic amines) is 1. The Kier molecular flexibility index (Phi) is 5.43. The summed E-state index contributed by atoms with van der Waals surface area (Å²) in [5.41, 5.74) is 8.71. The first-order chi connectivity index (χ1) is 13.0. The number of hydrogen-bond acceptors (Lipinski definition) is 5. The number of nitrogens with zero attached hydrogens (tertiary/aromatic N) is 2. The zero-order valence-electron chi connectivity index (χ0n) is 15.3. The van der Waals surface area contributed by atoms with Crippen LogP contribution in [0.1, 0.15) is 38.2 Å². The number of ether oxygens (including phenoxy) is 1. The van der Waals surface area contributed by atoms with E-state index in [1.165, 1.54) is 4.90 Å². The van der Waals surface area contributed by atoms with E-state index in [4.69, 9.17) is 10.5 Å². The van der Waals surface area contributed by atoms with Gasteiger partial charge in [0, 0.05) is 13.0 Å². The van der Waals surface area contributed by atoms with Gasteiger partial charge in [0.15, 0.2) is 0 Å². The minimum atomic E-state index is -0.948. The van der Waals surface area contributed by atoms with Gasteiger partial charge in [-0.25, -0.2) is 10.2 Å². The Balaban J connectivity index is 1.82. The van der Waals surface area contributed by atoms with Crippen LogP contribution in [0.4, 0.5) is 4.79 Å². The van der Waals surface area contributed by atoms with Crippen LogP contribution in [0.3, 0.4) is 0 Å². The van der Waals surface area contributed by atoms with Crippen molar-refractivity contribution in [3.8, 4) is 0 Å². The van der Waals surface area contributed by atoms with Gasteiger partial charge in [-0.15, -0.1) is 0 Å². The molecule has 144 valence electrons. The van der Waals surface area contributed by atoms with Crippen molar-refractivity contribution in [1.82, 2.24) is 10.3 Å². The maximum Gasteiger partial charge on any atom is 0.410 e. The molecule has 3 N–H and O–H groups in total. The molecule has 0 radical (unpaired) electrons. The van der Waals surface area contributed by atoms with Crippen molar-refractivity contribution in [2.75, 3.05) is 13.2 Å². The molecule has 0 saturated carbocycles. The van der Waals surface area contributed by atoms with E-state index in [2.05, 4.69) is 10.5 Å². The molecule has 1 fully saturated rings. The maximum atomic E-state index is 12.6. The van der Waals surface area contributed by atoms with Gasteiger partial charge in [-0.2, -0.15) is 5.10 Å². The number of carbonyl (C=O) groups is 3. The van der Waals surface area contributed by atoms with Crippen molar-refractivity contribution in [3.63, 3.8) is 0 Å². The lowest BCUT2D eigenvalue weighted by atomic mass is 9.77. The van der Waals surface area contributed by atoms with Crippen molar-refractivity contribution in [2.24, 2.45) is 16.3 Å². The van der Waals surface area contributed by atoms with Gasteiger partial charge in [-0.05, 0) is 18.4 Å². The SMILES string of the molecule is CCCCOC(=O)N1C[C@]2(CC(c3ccccc3)=NNC2=O)C[C@H]1C(N)=O. The standard InChI is InChI=1S/C19H24N4O4/c1-2-3-9-27-18(26)23-12-19(11-15(23)16(20)24)10-14(21-22-17(19)25)13-7-5-4-6-8-13/h4-8,15H,2-3,9-12H2,1H3,(H2,20,24)(H,22,25)/t15-,19-/m0/s1. The number of hydrogen-bond donors (Lipinski definition) is 2. The highest BCUT2D eigenvalue weighted by Gasteiger charge is 2.54. The van der Waals surface area contributed by atoms with Gasteiger partial charge >= 0.3 is 6.09 Å². The van der Waals surface area contributed by atoms with E-state index in [0.717, 1.165) is 18.4 Å². The zero-order chi connectivity index (χ0) is 19.4. The highest BCUT2D eigenvalue weighted by molar-refractivity contribution is 6.06. The first-order valence-electron chi connectivity index (χ1n) is 9.12. The second-order valence-corrected chi connectivity index (χ2v) is 7.04. The number of unbranched alkanes of at least 4 members (excludes halogenated alkanes) is 1. The second-order valence-electron chi connectivity index (χ2n) is 7.04. The van der Waals surface area contributed by atoms with Gasteiger partial charge in [0.1, 0.15) is 6.04 Å². The van der Waals surface area contributed by atoms with Crippen LogP contribution in [0, 0.1) is 5.41 Å². The van der Waals surface area contributed by atoms with E-state index >= 15 is 0 Å². The largest absolute Gasteiger partial charge is 0.449 e. The Morgan fingerprint density at radius 3 is 2.78 bits per heavy atom. The van der Waals surface area contributed by atoms with Crippen LogP contribution in [-0.2, 0) is 14.3 Å². The Morgan fingerprint density at radius 1 is 1.37 bits per heavy atom. The third kappa shape index (κ3) is 3.79. The lowest BCUT2D eigenvalue weighted by Crippen LogP contribution is -2.47. The van der Waals surface area contributed by atoms with Crippen LogP contribution in [0.25, 0.3) is 0 Å². The molecule has 2 aliphatic heterocycles. The number of rotatable bonds is 5. The average Bonchev–Trinajstić information content (AvgIpc) is 3.06. The molecule has 1 aromatic rings. The van der Waals surface area contributed by atoms with Crippen LogP contribution in [0.15, 0.2) is 35.4 Å². The van der Waals surface area contributed by atoms with Crippen molar-refractivity contribution < 1.29 is 19.1 Å². The van der Waals surface area contributed by atoms with E-state index in [0.29, 0.717) is 12.1 Å². The molecular formula is C19H24N4O4. The lowest BCUT2D eigenvalue weighted by molar-refractivity contribution is -0.130. The van der Waals surface area contributed by atoms with Crippen molar-refractivity contribution in [3.05, 3.63) is 35.9 Å². The van der Waals surface area contributed by atoms with Crippen molar-refractivity contribution >= 4 is 23.6 Å². The topological polar surface area (TPSA) is 114 Å². The summed E-state index contributed by atoms with van der Waals surface area (Å²) in [5, 5.41) is 4.17. The first-order valence-corrected chi connectivity index (χ1v) is 9.12. The first kappa shape index (κ1) is 18.9. The van der Waals surface area contributed by atoms with Crippen LogP contribution >= 0.6 is 0 Å². The van der Waals surface area contributed by atoms with Crippen LogP contribution < -0.4 is 11.2 Å². The average molecular weight is 372 g/mol. The molecule has 0 aromatic heterocycles. The monoisotopic (exact) mass is 372 g/mol. The van der Waals surface area contributed by atoms with Gasteiger partial charge in [-0.1, -0.05) is 43.7 Å². The molecule has 1 spiro atoms. The number of carbonyl (C=O) groups excluding carboxylic acids is 3. The van der Waals surface area contributed by atoms with Gasteiger partial charge in [0.2, 0.25) is 11.8 Å². The highest BCUT2D eigenvalue weighted by atomic mass is 16.6. The molecule has 8 nitrogen and oxygen atoms in total. The van der Waals surface area contributed by atoms with E-state index in [9.17, 15) is 14.4 Å². The summed E-state index contributed by atoms with van der Waals surface area (Å²) in [6.07, 6.45) is 1.49. The normalized spacial score (nSPS) is 24.5. The van der Waals surface area contributed by atoms with E-state index in [-0.39, 0.29) is 25.5 Å². The number of primary amides is 1. The summed E-state index contributed by atoms with van der Waals surface area (Å²) in [7, 11) is 0. The van der Waals surface area contributed by atoms with Crippen LogP contribution in [-0.4, -0.2) is 47.7 Å². The molecule has 3 amide bonds. The number of nitrogens with one attached hydrogen (secondary N) is 1. The fraction of sp³-hybridized carbons (Fsp3) is 0.474. The van der Waals surface area contributed by atoms with Crippen LogP contribution in [0.2, 0.25) is 0 Å². The molecule has 1 aromatic carbocycles. The summed E-state index contributed by atoms with van der Waals surface area (Å²) in [4.78, 5) is 38.3.